The smallest absolute Gasteiger partial charge is 0.292 e. The minimum atomic E-state index is -0.599. The molecule has 1 atom stereocenters. The van der Waals surface area contributed by atoms with Gasteiger partial charge in [0.25, 0.3) is 5.91 Å². The number of β-amino-alcohol motifs (C(OH)–C–C–N with tert-alkyl or cyclic N) is 1. The molecule has 136 valence electrons. The molecule has 1 aromatic heterocycles. The van der Waals surface area contributed by atoms with E-state index in [4.69, 9.17) is 9.26 Å². The van der Waals surface area contributed by atoms with Gasteiger partial charge in [-0.3, -0.25) is 9.69 Å². The van der Waals surface area contributed by atoms with Crippen LogP contribution in [0.25, 0.3) is 0 Å². The molecule has 2 rings (SSSR count). The van der Waals surface area contributed by atoms with Crippen molar-refractivity contribution < 1.29 is 19.2 Å². The third-order valence-electron chi connectivity index (χ3n) is 4.55. The van der Waals surface area contributed by atoms with Crippen LogP contribution in [0.3, 0.4) is 0 Å². The van der Waals surface area contributed by atoms with E-state index in [0.29, 0.717) is 25.7 Å². The Morgan fingerprint density at radius 1 is 1.38 bits per heavy atom. The van der Waals surface area contributed by atoms with E-state index in [1.54, 1.807) is 13.1 Å². The maximum atomic E-state index is 12.4. The van der Waals surface area contributed by atoms with Crippen LogP contribution in [0.2, 0.25) is 0 Å². The summed E-state index contributed by atoms with van der Waals surface area (Å²) in [6, 6.07) is 1.73. The van der Waals surface area contributed by atoms with E-state index >= 15 is 0 Å². The normalized spacial score (nSPS) is 17.2. The molecule has 0 saturated carbocycles. The number of carbonyl (C=O) groups excluding carboxylic acids is 1. The summed E-state index contributed by atoms with van der Waals surface area (Å²) in [5, 5.41) is 14.2. The van der Waals surface area contributed by atoms with E-state index in [0.717, 1.165) is 31.6 Å². The van der Waals surface area contributed by atoms with Crippen LogP contribution in [0.5, 0.6) is 0 Å². The molecule has 1 aliphatic rings. The van der Waals surface area contributed by atoms with E-state index in [1.165, 1.54) is 4.90 Å². The number of hydrogen-bond acceptors (Lipinski definition) is 6. The fourth-order valence-electron chi connectivity index (χ4n) is 3.02. The topological polar surface area (TPSA) is 79.0 Å². The van der Waals surface area contributed by atoms with Crippen LogP contribution in [0, 0.1) is 0 Å². The van der Waals surface area contributed by atoms with Gasteiger partial charge in [0.2, 0.25) is 5.76 Å². The first-order valence-corrected chi connectivity index (χ1v) is 8.75. The van der Waals surface area contributed by atoms with Gasteiger partial charge in [0.1, 0.15) is 0 Å². The number of aliphatic hydroxyl groups excluding tert-OH is 1. The lowest BCUT2D eigenvalue weighted by molar-refractivity contribution is 0.00846. The van der Waals surface area contributed by atoms with Gasteiger partial charge in [-0.15, -0.1) is 0 Å². The lowest BCUT2D eigenvalue weighted by Gasteiger charge is -2.29. The van der Waals surface area contributed by atoms with Crippen molar-refractivity contribution >= 4 is 5.91 Å². The molecule has 1 fully saturated rings. The highest BCUT2D eigenvalue weighted by Gasteiger charge is 2.23. The van der Waals surface area contributed by atoms with Gasteiger partial charge in [-0.2, -0.15) is 0 Å². The van der Waals surface area contributed by atoms with Gasteiger partial charge in [0, 0.05) is 45.2 Å². The summed E-state index contributed by atoms with van der Waals surface area (Å²) >= 11 is 0. The number of amides is 1. The second-order valence-corrected chi connectivity index (χ2v) is 6.38. The zero-order valence-corrected chi connectivity index (χ0v) is 14.9. The van der Waals surface area contributed by atoms with Gasteiger partial charge in [0.15, 0.2) is 0 Å². The van der Waals surface area contributed by atoms with Gasteiger partial charge in [0.05, 0.1) is 25.0 Å². The molecule has 0 radical (unpaired) electrons. The van der Waals surface area contributed by atoms with Crippen LogP contribution >= 0.6 is 0 Å². The second-order valence-electron chi connectivity index (χ2n) is 6.38. The van der Waals surface area contributed by atoms with Crippen molar-refractivity contribution in [1.29, 1.82) is 0 Å². The van der Waals surface area contributed by atoms with Gasteiger partial charge in [-0.1, -0.05) is 19.0 Å². The Balaban J connectivity index is 1.86. The fraction of sp³-hybridized carbons (Fsp3) is 0.765. The lowest BCUT2D eigenvalue weighted by Crippen LogP contribution is -2.45. The van der Waals surface area contributed by atoms with Crippen LogP contribution in [0.4, 0.5) is 0 Å². The summed E-state index contributed by atoms with van der Waals surface area (Å²) in [7, 11) is 1.67. The third-order valence-corrected chi connectivity index (χ3v) is 4.55. The Kier molecular flexibility index (Phi) is 7.20. The zero-order chi connectivity index (χ0) is 17.5. The maximum Gasteiger partial charge on any atom is 0.292 e. The van der Waals surface area contributed by atoms with Gasteiger partial charge >= 0.3 is 0 Å². The average Bonchev–Trinajstić information content (AvgIpc) is 3.05. The minimum Gasteiger partial charge on any atom is -0.390 e. The molecule has 1 amide bonds. The predicted molar refractivity (Wildman–Crippen MR) is 90.1 cm³/mol. The summed E-state index contributed by atoms with van der Waals surface area (Å²) in [4.78, 5) is 16.1. The second kappa shape index (κ2) is 9.15. The molecular weight excluding hydrogens is 310 g/mol. The van der Waals surface area contributed by atoms with Crippen molar-refractivity contribution in [2.75, 3.05) is 46.4 Å². The van der Waals surface area contributed by atoms with Gasteiger partial charge < -0.3 is 19.3 Å². The van der Waals surface area contributed by atoms with Gasteiger partial charge in [-0.05, 0) is 12.8 Å². The van der Waals surface area contributed by atoms with Crippen molar-refractivity contribution in [2.45, 2.75) is 38.7 Å². The van der Waals surface area contributed by atoms with Crippen LogP contribution in [-0.2, 0) is 4.74 Å². The molecular formula is C17H29N3O4. The van der Waals surface area contributed by atoms with Crippen molar-refractivity contribution in [2.24, 2.45) is 0 Å². The number of nitrogens with zero attached hydrogens (tertiary/aromatic N) is 3. The number of ether oxygens (including phenoxy) is 1. The average molecular weight is 339 g/mol. The molecule has 2 heterocycles. The highest BCUT2D eigenvalue weighted by molar-refractivity contribution is 5.91. The monoisotopic (exact) mass is 339 g/mol. The summed E-state index contributed by atoms with van der Waals surface area (Å²) in [5.74, 6) is 0.297. The Hall–Kier alpha value is -1.44. The predicted octanol–water partition coefficient (Wildman–Crippen LogP) is 1.34. The highest BCUT2D eigenvalue weighted by Crippen LogP contribution is 2.22. The molecule has 1 saturated heterocycles. The number of rotatable bonds is 8. The molecule has 1 aromatic rings. The van der Waals surface area contributed by atoms with E-state index in [9.17, 15) is 9.90 Å². The van der Waals surface area contributed by atoms with E-state index in [1.807, 2.05) is 0 Å². The lowest BCUT2D eigenvalue weighted by atomic mass is 9.99. The maximum absolute atomic E-state index is 12.4. The van der Waals surface area contributed by atoms with E-state index in [2.05, 4.69) is 23.9 Å². The van der Waals surface area contributed by atoms with Crippen molar-refractivity contribution in [3.05, 3.63) is 17.5 Å². The van der Waals surface area contributed by atoms with Crippen LogP contribution in [0.15, 0.2) is 10.6 Å². The van der Waals surface area contributed by atoms with Crippen molar-refractivity contribution in [3.8, 4) is 0 Å². The molecule has 7 heteroatoms. The van der Waals surface area contributed by atoms with Crippen LogP contribution in [0.1, 0.15) is 48.9 Å². The fourth-order valence-corrected chi connectivity index (χ4v) is 3.02. The molecule has 1 N–H and O–H groups in total. The molecule has 1 aliphatic heterocycles. The number of aliphatic hydroxyl groups is 1. The van der Waals surface area contributed by atoms with Gasteiger partial charge in [-0.25, -0.2) is 0 Å². The Morgan fingerprint density at radius 2 is 2.04 bits per heavy atom. The van der Waals surface area contributed by atoms with E-state index < -0.39 is 6.10 Å². The van der Waals surface area contributed by atoms with Crippen molar-refractivity contribution in [3.63, 3.8) is 0 Å². The molecule has 7 nitrogen and oxygen atoms in total. The Bertz CT molecular complexity index is 510. The van der Waals surface area contributed by atoms with Crippen LogP contribution in [-0.4, -0.2) is 78.5 Å². The first-order valence-electron chi connectivity index (χ1n) is 8.75. The third kappa shape index (κ3) is 5.03. The molecule has 0 bridgehead atoms. The highest BCUT2D eigenvalue weighted by atomic mass is 16.5. The molecule has 0 spiro atoms. The van der Waals surface area contributed by atoms with Crippen LogP contribution < -0.4 is 0 Å². The summed E-state index contributed by atoms with van der Waals surface area (Å²) < 4.78 is 10.5. The first-order chi connectivity index (χ1) is 11.5. The number of morpholine rings is 1. The zero-order valence-electron chi connectivity index (χ0n) is 14.9. The summed E-state index contributed by atoms with van der Waals surface area (Å²) in [6.45, 7) is 8.01. The summed E-state index contributed by atoms with van der Waals surface area (Å²) in [5.41, 5.74) is 0.825. The number of hydrogen-bond donors (Lipinski definition) is 1. The quantitative estimate of drug-likeness (QED) is 0.770. The Labute approximate surface area is 143 Å². The van der Waals surface area contributed by atoms with Crippen molar-refractivity contribution in [1.82, 2.24) is 15.0 Å². The minimum absolute atomic E-state index is 0.234. The molecule has 0 aliphatic carbocycles. The van der Waals surface area contributed by atoms with E-state index in [-0.39, 0.29) is 18.2 Å². The first kappa shape index (κ1) is 18.9. The Morgan fingerprint density at radius 3 is 2.67 bits per heavy atom. The standard InChI is InChI=1S/C17H29N3O4/c1-4-13(5-2)15-10-16(24-18-15)17(22)19(3)11-14(21)12-20-6-8-23-9-7-20/h10,13-14,21H,4-9,11-12H2,1-3H3. The molecule has 24 heavy (non-hydrogen) atoms. The SMILES string of the molecule is CCC(CC)c1cc(C(=O)N(C)CC(O)CN2CCOCC2)on1. The molecule has 0 aromatic carbocycles. The number of aromatic nitrogens is 1. The number of carbonyl (C=O) groups is 1. The molecule has 1 unspecified atom stereocenters. The summed E-state index contributed by atoms with van der Waals surface area (Å²) in [6.07, 6.45) is 1.33. The number of likely N-dealkylation sites (N-methyl/N-ethyl adjacent to an activating group) is 1. The largest absolute Gasteiger partial charge is 0.390 e.